The molecule has 0 amide bonds. The molecule has 0 aliphatic rings. The van der Waals surface area contributed by atoms with Crippen LogP contribution in [0.2, 0.25) is 0 Å². The fourth-order valence-electron chi connectivity index (χ4n) is 0.909. The second kappa shape index (κ2) is 6.79. The quantitative estimate of drug-likeness (QED) is 0.494. The lowest BCUT2D eigenvalue weighted by atomic mass is 10.1. The number of methoxy groups -OCH3 is 2. The minimum absolute atomic E-state index is 0.0989. The molecule has 0 aromatic heterocycles. The van der Waals surface area contributed by atoms with Crippen LogP contribution in [0.4, 0.5) is 0 Å². The van der Waals surface area contributed by atoms with Crippen LogP contribution in [0.1, 0.15) is 26.7 Å². The minimum atomic E-state index is -0.177. The van der Waals surface area contributed by atoms with Crippen LogP contribution in [0, 0.1) is 0 Å². The first-order valence-electron chi connectivity index (χ1n) is 4.84. The van der Waals surface area contributed by atoms with Gasteiger partial charge in [-0.05, 0) is 26.8 Å². The molecule has 0 spiro atoms. The van der Waals surface area contributed by atoms with Crippen LogP contribution in [0.3, 0.4) is 0 Å². The van der Waals surface area contributed by atoms with Crippen LogP contribution in [-0.4, -0.2) is 38.9 Å². The molecule has 0 atom stereocenters. The van der Waals surface area contributed by atoms with Crippen molar-refractivity contribution in [1.29, 1.82) is 0 Å². The van der Waals surface area contributed by atoms with Gasteiger partial charge in [0.15, 0.2) is 0 Å². The summed E-state index contributed by atoms with van der Waals surface area (Å²) in [6.07, 6.45) is 1.34. The first-order chi connectivity index (χ1) is 6.52. The Morgan fingerprint density at radius 2 is 1.93 bits per heavy atom. The average molecular weight is 203 g/mol. The zero-order valence-electron chi connectivity index (χ0n) is 9.55. The van der Waals surface area contributed by atoms with Gasteiger partial charge in [-0.25, -0.2) is 0 Å². The van der Waals surface area contributed by atoms with Crippen LogP contribution in [0.15, 0.2) is 0 Å². The molecule has 1 N–H and O–H groups in total. The third-order valence-electron chi connectivity index (χ3n) is 2.19. The summed E-state index contributed by atoms with van der Waals surface area (Å²) in [5, 5.41) is 3.16. The second-order valence-corrected chi connectivity index (χ2v) is 3.79. The third kappa shape index (κ3) is 6.86. The molecule has 0 fully saturated rings. The lowest BCUT2D eigenvalue weighted by molar-refractivity contribution is -0.140. The Morgan fingerprint density at radius 1 is 1.29 bits per heavy atom. The Labute approximate surface area is 86.0 Å². The molecule has 0 bridgehead atoms. The molecule has 0 aliphatic carbocycles. The van der Waals surface area contributed by atoms with E-state index in [0.29, 0.717) is 13.0 Å². The molecule has 0 aliphatic heterocycles. The summed E-state index contributed by atoms with van der Waals surface area (Å²) in [7, 11) is 3.10. The van der Waals surface area contributed by atoms with Gasteiger partial charge in [0.05, 0.1) is 19.1 Å². The molecule has 0 aromatic carbocycles. The Hall–Kier alpha value is -0.610. The molecule has 0 rings (SSSR count). The summed E-state index contributed by atoms with van der Waals surface area (Å²) in [6.45, 7) is 5.58. The molecule has 0 saturated carbocycles. The van der Waals surface area contributed by atoms with Crippen LogP contribution in [0.5, 0.6) is 0 Å². The third-order valence-corrected chi connectivity index (χ3v) is 2.19. The molecule has 4 nitrogen and oxygen atoms in total. The van der Waals surface area contributed by atoms with Gasteiger partial charge in [-0.3, -0.25) is 4.79 Å². The van der Waals surface area contributed by atoms with Crippen molar-refractivity contribution in [2.75, 3.05) is 27.3 Å². The molecule has 4 heteroatoms. The first kappa shape index (κ1) is 13.4. The highest BCUT2D eigenvalue weighted by Crippen LogP contribution is 2.11. The Kier molecular flexibility index (Phi) is 6.49. The monoisotopic (exact) mass is 203 g/mol. The highest BCUT2D eigenvalue weighted by Gasteiger charge is 2.14. The van der Waals surface area contributed by atoms with Crippen molar-refractivity contribution in [2.45, 2.75) is 32.3 Å². The maximum Gasteiger partial charge on any atom is 0.306 e. The van der Waals surface area contributed by atoms with E-state index in [-0.39, 0.29) is 11.6 Å². The van der Waals surface area contributed by atoms with E-state index in [4.69, 9.17) is 4.74 Å². The SMILES string of the molecule is COC(=O)CCNCCC(C)(C)OC. The maximum absolute atomic E-state index is 10.7. The van der Waals surface area contributed by atoms with Crippen molar-refractivity contribution < 1.29 is 14.3 Å². The van der Waals surface area contributed by atoms with Crippen molar-refractivity contribution in [3.63, 3.8) is 0 Å². The lowest BCUT2D eigenvalue weighted by Gasteiger charge is -2.22. The van der Waals surface area contributed by atoms with Crippen molar-refractivity contribution in [1.82, 2.24) is 5.32 Å². The Balaban J connectivity index is 3.34. The van der Waals surface area contributed by atoms with E-state index in [2.05, 4.69) is 10.1 Å². The van der Waals surface area contributed by atoms with Crippen molar-refractivity contribution in [3.05, 3.63) is 0 Å². The van der Waals surface area contributed by atoms with E-state index in [1.54, 1.807) is 7.11 Å². The van der Waals surface area contributed by atoms with Crippen LogP contribution >= 0.6 is 0 Å². The zero-order chi connectivity index (χ0) is 11.0. The van der Waals surface area contributed by atoms with Gasteiger partial charge < -0.3 is 14.8 Å². The van der Waals surface area contributed by atoms with Gasteiger partial charge in [0.2, 0.25) is 0 Å². The molecule has 0 radical (unpaired) electrons. The van der Waals surface area contributed by atoms with E-state index in [1.165, 1.54) is 7.11 Å². The fourth-order valence-corrected chi connectivity index (χ4v) is 0.909. The molecule has 84 valence electrons. The summed E-state index contributed by atoms with van der Waals surface area (Å²) >= 11 is 0. The summed E-state index contributed by atoms with van der Waals surface area (Å²) < 4.78 is 9.77. The van der Waals surface area contributed by atoms with Gasteiger partial charge >= 0.3 is 5.97 Å². The molecular weight excluding hydrogens is 182 g/mol. The summed E-state index contributed by atoms with van der Waals surface area (Å²) in [4.78, 5) is 10.7. The number of hydrogen-bond donors (Lipinski definition) is 1. The number of hydrogen-bond acceptors (Lipinski definition) is 4. The van der Waals surface area contributed by atoms with Crippen molar-refractivity contribution in [2.24, 2.45) is 0 Å². The van der Waals surface area contributed by atoms with Gasteiger partial charge in [-0.1, -0.05) is 0 Å². The zero-order valence-corrected chi connectivity index (χ0v) is 9.55. The standard InChI is InChI=1S/C10H21NO3/c1-10(2,14-4)6-8-11-7-5-9(12)13-3/h11H,5-8H2,1-4H3. The van der Waals surface area contributed by atoms with Crippen molar-refractivity contribution in [3.8, 4) is 0 Å². The smallest absolute Gasteiger partial charge is 0.306 e. The number of esters is 1. The maximum atomic E-state index is 10.7. The number of ether oxygens (including phenoxy) is 2. The first-order valence-corrected chi connectivity index (χ1v) is 4.84. The van der Waals surface area contributed by atoms with Gasteiger partial charge in [-0.15, -0.1) is 0 Å². The van der Waals surface area contributed by atoms with Crippen molar-refractivity contribution >= 4 is 5.97 Å². The van der Waals surface area contributed by atoms with Crippen LogP contribution in [-0.2, 0) is 14.3 Å². The number of nitrogens with one attached hydrogen (secondary N) is 1. The van der Waals surface area contributed by atoms with E-state index in [0.717, 1.165) is 13.0 Å². The van der Waals surface area contributed by atoms with Gasteiger partial charge in [-0.2, -0.15) is 0 Å². The number of rotatable bonds is 7. The topological polar surface area (TPSA) is 47.6 Å². The second-order valence-electron chi connectivity index (χ2n) is 3.79. The molecular formula is C10H21NO3. The summed E-state index contributed by atoms with van der Waals surface area (Å²) in [5.41, 5.74) is -0.0989. The largest absolute Gasteiger partial charge is 0.469 e. The molecule has 0 heterocycles. The lowest BCUT2D eigenvalue weighted by Crippen LogP contribution is -2.29. The summed E-state index contributed by atoms with van der Waals surface area (Å²) in [6, 6.07) is 0. The average Bonchev–Trinajstić information content (AvgIpc) is 2.17. The summed E-state index contributed by atoms with van der Waals surface area (Å²) in [5.74, 6) is -0.177. The van der Waals surface area contributed by atoms with Gasteiger partial charge in [0, 0.05) is 13.7 Å². The Bertz CT molecular complexity index is 169. The predicted molar refractivity (Wildman–Crippen MR) is 55.2 cm³/mol. The minimum Gasteiger partial charge on any atom is -0.469 e. The van der Waals surface area contributed by atoms with Gasteiger partial charge in [0.1, 0.15) is 0 Å². The van der Waals surface area contributed by atoms with E-state index >= 15 is 0 Å². The van der Waals surface area contributed by atoms with E-state index in [1.807, 2.05) is 13.8 Å². The number of carbonyl (C=O) groups excluding carboxylic acids is 1. The normalized spacial score (nSPS) is 11.4. The van der Waals surface area contributed by atoms with E-state index < -0.39 is 0 Å². The van der Waals surface area contributed by atoms with E-state index in [9.17, 15) is 4.79 Å². The van der Waals surface area contributed by atoms with Crippen LogP contribution in [0.25, 0.3) is 0 Å². The number of carbonyl (C=O) groups is 1. The van der Waals surface area contributed by atoms with Crippen LogP contribution < -0.4 is 5.32 Å². The molecule has 0 aromatic rings. The predicted octanol–water partition coefficient (Wildman–Crippen LogP) is 0.954. The molecule has 0 saturated heterocycles. The highest BCUT2D eigenvalue weighted by atomic mass is 16.5. The highest BCUT2D eigenvalue weighted by molar-refractivity contribution is 5.69. The molecule has 14 heavy (non-hydrogen) atoms. The van der Waals surface area contributed by atoms with Gasteiger partial charge in [0.25, 0.3) is 0 Å². The Morgan fingerprint density at radius 3 is 2.43 bits per heavy atom. The molecule has 0 unspecified atom stereocenters. The fraction of sp³-hybridized carbons (Fsp3) is 0.900.